The van der Waals surface area contributed by atoms with Crippen LogP contribution in [0.3, 0.4) is 0 Å². The van der Waals surface area contributed by atoms with Gasteiger partial charge < -0.3 is 0 Å². The van der Waals surface area contributed by atoms with Crippen LogP contribution in [0.4, 0.5) is 8.78 Å². The molecule has 0 saturated heterocycles. The third-order valence-electron chi connectivity index (χ3n) is 2.45. The molecular weight excluding hydrogens is 330 g/mol. The lowest BCUT2D eigenvalue weighted by atomic mass is 10.1. The highest BCUT2D eigenvalue weighted by molar-refractivity contribution is 9.09. The quantitative estimate of drug-likeness (QED) is 0.637. The summed E-state index contributed by atoms with van der Waals surface area (Å²) in [5.41, 5.74) is 0.424. The Morgan fingerprint density at radius 1 is 1.29 bits per heavy atom. The Morgan fingerprint density at radius 2 is 2.00 bits per heavy atom. The average Bonchev–Trinajstić information content (AvgIpc) is 2.70. The van der Waals surface area contributed by atoms with Crippen molar-refractivity contribution in [2.45, 2.75) is 11.8 Å². The van der Waals surface area contributed by atoms with E-state index in [4.69, 9.17) is 11.6 Å². The zero-order valence-corrected chi connectivity index (χ0v) is 12.0. The van der Waals surface area contributed by atoms with Gasteiger partial charge in [0.1, 0.15) is 11.6 Å². The molecule has 0 spiro atoms. The molecule has 0 N–H and O–H groups in total. The largest absolute Gasteiger partial charge is 0.207 e. The van der Waals surface area contributed by atoms with Gasteiger partial charge in [-0.05, 0) is 30.0 Å². The van der Waals surface area contributed by atoms with Crippen LogP contribution < -0.4 is 0 Å². The van der Waals surface area contributed by atoms with Crippen LogP contribution >= 0.6 is 38.9 Å². The van der Waals surface area contributed by atoms with E-state index >= 15 is 0 Å². The Hall–Kier alpha value is -0.450. The number of halogens is 4. The second-order valence-electron chi connectivity index (χ2n) is 3.59. The molecule has 0 aliphatic rings. The van der Waals surface area contributed by atoms with Gasteiger partial charge in [0.25, 0.3) is 0 Å². The molecule has 1 atom stereocenters. The first kappa shape index (κ1) is 13.0. The van der Waals surface area contributed by atoms with Crippen molar-refractivity contribution in [2.75, 3.05) is 0 Å². The molecule has 0 nitrogen and oxygen atoms in total. The van der Waals surface area contributed by atoms with Crippen LogP contribution in [0, 0.1) is 18.6 Å². The van der Waals surface area contributed by atoms with E-state index in [1.165, 1.54) is 23.5 Å². The standard InChI is InChI=1S/C12H8BrClF2S/c1-6-2-3-8(15)9(11(6)16)10(13)12-7(14)4-5-17-12/h2-5,10H,1H3. The van der Waals surface area contributed by atoms with Crippen molar-refractivity contribution in [2.24, 2.45) is 0 Å². The summed E-state index contributed by atoms with van der Waals surface area (Å²) >= 11 is 10.6. The fourth-order valence-corrected chi connectivity index (χ4v) is 3.80. The molecule has 1 aromatic carbocycles. The minimum absolute atomic E-state index is 0.00866. The first-order chi connectivity index (χ1) is 8.02. The van der Waals surface area contributed by atoms with Crippen molar-refractivity contribution in [1.82, 2.24) is 0 Å². The number of aryl methyl sites for hydroxylation is 1. The summed E-state index contributed by atoms with van der Waals surface area (Å²) in [6.45, 7) is 1.61. The van der Waals surface area contributed by atoms with Gasteiger partial charge in [-0.3, -0.25) is 0 Å². The molecule has 0 saturated carbocycles. The molecule has 17 heavy (non-hydrogen) atoms. The number of benzene rings is 1. The van der Waals surface area contributed by atoms with E-state index in [2.05, 4.69) is 15.9 Å². The summed E-state index contributed by atoms with van der Waals surface area (Å²) in [6, 6.07) is 4.40. The average molecular weight is 338 g/mol. The third kappa shape index (κ3) is 2.39. The van der Waals surface area contributed by atoms with Crippen LogP contribution in [-0.4, -0.2) is 0 Å². The van der Waals surface area contributed by atoms with E-state index in [0.717, 1.165) is 0 Å². The summed E-state index contributed by atoms with van der Waals surface area (Å²) in [4.78, 5) is 0.143. The lowest BCUT2D eigenvalue weighted by Gasteiger charge is -2.12. The van der Waals surface area contributed by atoms with Crippen molar-refractivity contribution >= 4 is 38.9 Å². The molecule has 5 heteroatoms. The van der Waals surface area contributed by atoms with Gasteiger partial charge >= 0.3 is 0 Å². The van der Waals surface area contributed by atoms with Crippen molar-refractivity contribution in [3.05, 3.63) is 56.2 Å². The monoisotopic (exact) mass is 336 g/mol. The Labute approximate surface area is 115 Å². The molecule has 0 aliphatic heterocycles. The maximum Gasteiger partial charge on any atom is 0.133 e. The minimum atomic E-state index is -0.570. The summed E-state index contributed by atoms with van der Waals surface area (Å²) in [5.74, 6) is -1.10. The van der Waals surface area contributed by atoms with Gasteiger partial charge in [0.05, 0.1) is 9.85 Å². The number of hydrogen-bond acceptors (Lipinski definition) is 1. The van der Waals surface area contributed by atoms with Gasteiger partial charge in [-0.15, -0.1) is 11.3 Å². The van der Waals surface area contributed by atoms with Crippen LogP contribution in [0.1, 0.15) is 20.8 Å². The molecule has 0 fully saturated rings. The van der Waals surface area contributed by atoms with E-state index in [1.54, 1.807) is 18.4 Å². The number of thiophene rings is 1. The summed E-state index contributed by atoms with van der Waals surface area (Å²) in [5, 5.41) is 2.30. The molecule has 0 amide bonds. The molecule has 0 radical (unpaired) electrons. The Balaban J connectivity index is 2.55. The zero-order chi connectivity index (χ0) is 12.6. The van der Waals surface area contributed by atoms with Crippen molar-refractivity contribution in [1.29, 1.82) is 0 Å². The molecule has 0 bridgehead atoms. The summed E-state index contributed by atoms with van der Waals surface area (Å²) in [6.07, 6.45) is 0. The van der Waals surface area contributed by atoms with Gasteiger partial charge in [-0.2, -0.15) is 0 Å². The van der Waals surface area contributed by atoms with Gasteiger partial charge in [-0.25, -0.2) is 8.78 Å². The maximum absolute atomic E-state index is 13.9. The van der Waals surface area contributed by atoms with Crippen LogP contribution in [0.15, 0.2) is 23.6 Å². The highest BCUT2D eigenvalue weighted by Crippen LogP contribution is 2.41. The predicted octanol–water partition coefficient (Wildman–Crippen LogP) is 5.47. The van der Waals surface area contributed by atoms with Gasteiger partial charge in [-0.1, -0.05) is 33.6 Å². The molecule has 1 heterocycles. The molecule has 2 aromatic rings. The maximum atomic E-state index is 13.9. The zero-order valence-electron chi connectivity index (χ0n) is 8.81. The highest BCUT2D eigenvalue weighted by atomic mass is 79.9. The highest BCUT2D eigenvalue weighted by Gasteiger charge is 2.23. The first-order valence-corrected chi connectivity index (χ1v) is 7.01. The van der Waals surface area contributed by atoms with Crippen molar-refractivity contribution in [3.63, 3.8) is 0 Å². The second-order valence-corrected chi connectivity index (χ2v) is 5.86. The van der Waals surface area contributed by atoms with Gasteiger partial charge in [0.2, 0.25) is 0 Å². The van der Waals surface area contributed by atoms with E-state index < -0.39 is 16.5 Å². The fourth-order valence-electron chi connectivity index (χ4n) is 1.53. The fraction of sp³-hybridized carbons (Fsp3) is 0.167. The van der Waals surface area contributed by atoms with E-state index in [1.807, 2.05) is 0 Å². The Morgan fingerprint density at radius 3 is 2.59 bits per heavy atom. The van der Waals surface area contributed by atoms with Crippen LogP contribution in [0.5, 0.6) is 0 Å². The molecule has 0 aliphatic carbocycles. The molecule has 1 unspecified atom stereocenters. The third-order valence-corrected chi connectivity index (χ3v) is 5.09. The number of rotatable bonds is 2. The lowest BCUT2D eigenvalue weighted by Crippen LogP contribution is -2.01. The topological polar surface area (TPSA) is 0 Å². The molecule has 2 rings (SSSR count). The van der Waals surface area contributed by atoms with Gasteiger partial charge in [0, 0.05) is 10.4 Å². The Kier molecular flexibility index (Phi) is 3.85. The molecular formula is C12H8BrClF2S. The first-order valence-electron chi connectivity index (χ1n) is 4.84. The van der Waals surface area contributed by atoms with Crippen LogP contribution in [-0.2, 0) is 0 Å². The van der Waals surface area contributed by atoms with Crippen molar-refractivity contribution in [3.8, 4) is 0 Å². The summed E-state index contributed by atoms with van der Waals surface area (Å²) in [7, 11) is 0. The number of alkyl halides is 1. The van der Waals surface area contributed by atoms with Crippen molar-refractivity contribution < 1.29 is 8.78 Å². The van der Waals surface area contributed by atoms with Gasteiger partial charge in [0.15, 0.2) is 0 Å². The summed E-state index contributed by atoms with van der Waals surface area (Å²) < 4.78 is 27.6. The normalized spacial score (nSPS) is 12.8. The van der Waals surface area contributed by atoms with Crippen LogP contribution in [0.25, 0.3) is 0 Å². The molecule has 1 aromatic heterocycles. The minimum Gasteiger partial charge on any atom is -0.207 e. The lowest BCUT2D eigenvalue weighted by molar-refractivity contribution is 0.556. The smallest absolute Gasteiger partial charge is 0.133 e. The number of hydrogen-bond donors (Lipinski definition) is 0. The SMILES string of the molecule is Cc1ccc(F)c(C(Br)c2sccc2Cl)c1F. The van der Waals surface area contributed by atoms with E-state index in [9.17, 15) is 8.78 Å². The predicted molar refractivity (Wildman–Crippen MR) is 71.2 cm³/mol. The van der Waals surface area contributed by atoms with Crippen LogP contribution in [0.2, 0.25) is 5.02 Å². The Bertz CT molecular complexity index is 553. The second kappa shape index (κ2) is 5.04. The van der Waals surface area contributed by atoms with E-state index in [-0.39, 0.29) is 5.56 Å². The van der Waals surface area contributed by atoms with E-state index in [0.29, 0.717) is 15.5 Å². The molecule has 90 valence electrons.